The van der Waals surface area contributed by atoms with Crippen molar-refractivity contribution in [1.82, 2.24) is 0 Å². The molecule has 0 fully saturated rings. The number of hydrogen-bond acceptors (Lipinski definition) is 6. The molecular weight excluding hydrogens is 279 g/mol. The van der Waals surface area contributed by atoms with Gasteiger partial charge in [-0.3, -0.25) is 15.4 Å². The van der Waals surface area contributed by atoms with Crippen LogP contribution in [-0.4, -0.2) is 25.2 Å². The lowest BCUT2D eigenvalue weighted by Gasteiger charge is -2.25. The third kappa shape index (κ3) is 3.30. The van der Waals surface area contributed by atoms with E-state index in [1.54, 1.807) is 13.8 Å². The number of nitrogens with two attached hydrogens (primary N) is 1. The Morgan fingerprint density at radius 1 is 1.24 bits per heavy atom. The second-order valence-electron chi connectivity index (χ2n) is 4.40. The summed E-state index contributed by atoms with van der Waals surface area (Å²) in [5.74, 6) is 2.88. The van der Waals surface area contributed by atoms with E-state index in [0.29, 0.717) is 0 Å². The average Bonchev–Trinajstić information content (AvgIpc) is 2.46. The molecule has 1 aromatic rings. The summed E-state index contributed by atoms with van der Waals surface area (Å²) < 4.78 is 23.7. The molecule has 0 saturated heterocycles. The van der Waals surface area contributed by atoms with Gasteiger partial charge in [-0.05, 0) is 38.5 Å². The van der Waals surface area contributed by atoms with Gasteiger partial charge in [-0.25, -0.2) is 4.39 Å². The molecule has 0 spiro atoms. The van der Waals surface area contributed by atoms with Crippen LogP contribution in [0.15, 0.2) is 18.2 Å². The van der Waals surface area contributed by atoms with Crippen molar-refractivity contribution in [3.05, 3.63) is 29.6 Å². The number of nitrogen functional groups attached to an aromatic ring is 1. The molecule has 0 aliphatic rings. The van der Waals surface area contributed by atoms with E-state index in [4.69, 9.17) is 15.3 Å². The molecule has 0 atom stereocenters. The molecule has 0 radical (unpaired) electrons. The largest absolute Gasteiger partial charge is 0.465 e. The molecule has 21 heavy (non-hydrogen) atoms. The standard InChI is InChI=1S/C14H19FN2O4/c1-4-20-12(18)14(3,13(19)21-5-2)9-6-7-11(17-16)10(15)8-9/h6-8,17H,4-5,16H2,1-3H3. The number of esters is 2. The molecule has 0 saturated carbocycles. The number of nitrogens with one attached hydrogen (secondary N) is 1. The van der Waals surface area contributed by atoms with Gasteiger partial charge in [-0.2, -0.15) is 0 Å². The summed E-state index contributed by atoms with van der Waals surface area (Å²) in [4.78, 5) is 24.3. The van der Waals surface area contributed by atoms with Gasteiger partial charge in [0.2, 0.25) is 0 Å². The maximum atomic E-state index is 13.8. The number of carbonyl (C=O) groups excluding carboxylic acids is 2. The Balaban J connectivity index is 3.33. The highest BCUT2D eigenvalue weighted by atomic mass is 19.1. The van der Waals surface area contributed by atoms with Crippen molar-refractivity contribution in [2.24, 2.45) is 5.84 Å². The Morgan fingerprint density at radius 2 is 1.76 bits per heavy atom. The van der Waals surface area contributed by atoms with Crippen molar-refractivity contribution in [2.75, 3.05) is 18.6 Å². The third-order valence-corrected chi connectivity index (χ3v) is 3.07. The zero-order valence-electron chi connectivity index (χ0n) is 12.2. The second-order valence-corrected chi connectivity index (χ2v) is 4.40. The van der Waals surface area contributed by atoms with Crippen LogP contribution in [0, 0.1) is 5.82 Å². The van der Waals surface area contributed by atoms with Crippen molar-refractivity contribution in [2.45, 2.75) is 26.2 Å². The Kier molecular flexibility index (Phi) is 5.66. The summed E-state index contributed by atoms with van der Waals surface area (Å²) in [7, 11) is 0. The smallest absolute Gasteiger partial charge is 0.327 e. The fourth-order valence-electron chi connectivity index (χ4n) is 1.81. The van der Waals surface area contributed by atoms with Crippen molar-refractivity contribution < 1.29 is 23.5 Å². The Morgan fingerprint density at radius 3 is 2.14 bits per heavy atom. The highest BCUT2D eigenvalue weighted by Crippen LogP contribution is 2.30. The van der Waals surface area contributed by atoms with E-state index in [1.807, 2.05) is 0 Å². The van der Waals surface area contributed by atoms with Crippen LogP contribution < -0.4 is 11.3 Å². The molecule has 0 amide bonds. The Hall–Kier alpha value is -2.15. The lowest BCUT2D eigenvalue weighted by Crippen LogP contribution is -2.43. The fraction of sp³-hybridized carbons (Fsp3) is 0.429. The van der Waals surface area contributed by atoms with Gasteiger partial charge < -0.3 is 14.9 Å². The summed E-state index contributed by atoms with van der Waals surface area (Å²) in [6, 6.07) is 3.82. The molecule has 1 rings (SSSR count). The minimum Gasteiger partial charge on any atom is -0.465 e. The van der Waals surface area contributed by atoms with E-state index < -0.39 is 23.2 Å². The van der Waals surface area contributed by atoms with Gasteiger partial charge in [0.15, 0.2) is 5.41 Å². The van der Waals surface area contributed by atoms with Crippen LogP contribution in [0.1, 0.15) is 26.3 Å². The van der Waals surface area contributed by atoms with Crippen LogP contribution in [-0.2, 0) is 24.5 Å². The first-order valence-corrected chi connectivity index (χ1v) is 6.52. The van der Waals surface area contributed by atoms with E-state index in [-0.39, 0.29) is 24.5 Å². The molecule has 0 aliphatic carbocycles. The highest BCUT2D eigenvalue weighted by molar-refractivity contribution is 6.05. The monoisotopic (exact) mass is 298 g/mol. The van der Waals surface area contributed by atoms with Gasteiger partial charge in [0.25, 0.3) is 0 Å². The molecular formula is C14H19FN2O4. The SMILES string of the molecule is CCOC(=O)C(C)(C(=O)OCC)c1ccc(NN)c(F)c1. The van der Waals surface area contributed by atoms with E-state index in [9.17, 15) is 14.0 Å². The van der Waals surface area contributed by atoms with Gasteiger partial charge in [0, 0.05) is 0 Å². The Labute approximate surface area is 122 Å². The molecule has 7 heteroatoms. The summed E-state index contributed by atoms with van der Waals surface area (Å²) >= 11 is 0. The number of benzene rings is 1. The van der Waals surface area contributed by atoms with Crippen LogP contribution >= 0.6 is 0 Å². The first kappa shape index (κ1) is 16.9. The third-order valence-electron chi connectivity index (χ3n) is 3.07. The topological polar surface area (TPSA) is 90.7 Å². The van der Waals surface area contributed by atoms with Crippen molar-refractivity contribution >= 4 is 17.6 Å². The molecule has 116 valence electrons. The van der Waals surface area contributed by atoms with Gasteiger partial charge >= 0.3 is 11.9 Å². The number of anilines is 1. The Bertz CT molecular complexity index is 516. The lowest BCUT2D eigenvalue weighted by atomic mass is 9.82. The zero-order valence-corrected chi connectivity index (χ0v) is 12.2. The van der Waals surface area contributed by atoms with Gasteiger partial charge in [0.05, 0.1) is 18.9 Å². The lowest BCUT2D eigenvalue weighted by molar-refractivity contribution is -0.163. The first-order valence-electron chi connectivity index (χ1n) is 6.52. The molecule has 0 bridgehead atoms. The minimum atomic E-state index is -1.74. The van der Waals surface area contributed by atoms with E-state index in [2.05, 4.69) is 5.43 Å². The molecule has 0 unspecified atom stereocenters. The van der Waals surface area contributed by atoms with Crippen molar-refractivity contribution in [1.29, 1.82) is 0 Å². The average molecular weight is 298 g/mol. The minimum absolute atomic E-state index is 0.0498. The summed E-state index contributed by atoms with van der Waals surface area (Å²) in [5, 5.41) is 0. The van der Waals surface area contributed by atoms with Crippen LogP contribution in [0.3, 0.4) is 0 Å². The maximum absolute atomic E-state index is 13.8. The number of ether oxygens (including phenoxy) is 2. The normalized spacial score (nSPS) is 10.9. The number of hydrogen-bond donors (Lipinski definition) is 2. The maximum Gasteiger partial charge on any atom is 0.327 e. The van der Waals surface area contributed by atoms with Crippen molar-refractivity contribution in [3.8, 4) is 0 Å². The van der Waals surface area contributed by atoms with E-state index >= 15 is 0 Å². The number of hydrazine groups is 1. The number of halogens is 1. The molecule has 6 nitrogen and oxygen atoms in total. The number of carbonyl (C=O) groups is 2. The van der Waals surface area contributed by atoms with Crippen LogP contribution in [0.5, 0.6) is 0 Å². The molecule has 1 aromatic carbocycles. The van der Waals surface area contributed by atoms with Crippen LogP contribution in [0.25, 0.3) is 0 Å². The first-order chi connectivity index (χ1) is 9.91. The highest BCUT2D eigenvalue weighted by Gasteiger charge is 2.46. The van der Waals surface area contributed by atoms with Gasteiger partial charge in [0.1, 0.15) is 5.82 Å². The molecule has 0 heterocycles. The summed E-state index contributed by atoms with van der Waals surface area (Å²) in [6.45, 7) is 4.77. The van der Waals surface area contributed by atoms with Crippen molar-refractivity contribution in [3.63, 3.8) is 0 Å². The van der Waals surface area contributed by atoms with Gasteiger partial charge in [-0.15, -0.1) is 0 Å². The quantitative estimate of drug-likeness (QED) is 0.358. The predicted octanol–water partition coefficient (Wildman–Crippen LogP) is 1.50. The zero-order chi connectivity index (χ0) is 16.0. The van der Waals surface area contributed by atoms with E-state index in [1.165, 1.54) is 19.1 Å². The van der Waals surface area contributed by atoms with E-state index in [0.717, 1.165) is 6.07 Å². The van der Waals surface area contributed by atoms with Crippen LogP contribution in [0.4, 0.5) is 10.1 Å². The molecule has 0 aliphatic heterocycles. The van der Waals surface area contributed by atoms with Crippen LogP contribution in [0.2, 0.25) is 0 Å². The number of rotatable bonds is 6. The van der Waals surface area contributed by atoms with Gasteiger partial charge in [-0.1, -0.05) is 6.07 Å². The molecule has 3 N–H and O–H groups in total. The summed E-state index contributed by atoms with van der Waals surface area (Å²) in [6.07, 6.45) is 0. The predicted molar refractivity (Wildman–Crippen MR) is 74.8 cm³/mol. The second kappa shape index (κ2) is 7.03. The fourth-order valence-corrected chi connectivity index (χ4v) is 1.81. The summed E-state index contributed by atoms with van der Waals surface area (Å²) in [5.41, 5.74) is 0.624. The molecule has 0 aromatic heterocycles.